The number of ether oxygens (including phenoxy) is 1. The third kappa shape index (κ3) is 2.95. The van der Waals surface area contributed by atoms with Gasteiger partial charge in [0, 0.05) is 18.6 Å². The fourth-order valence-electron chi connectivity index (χ4n) is 3.52. The predicted molar refractivity (Wildman–Crippen MR) is 105 cm³/mol. The van der Waals surface area contributed by atoms with Crippen molar-refractivity contribution in [3.05, 3.63) is 75.6 Å². The molecule has 6 heteroatoms. The molecule has 2 aromatic carbocycles. The van der Waals surface area contributed by atoms with Crippen molar-refractivity contribution in [2.24, 2.45) is 0 Å². The summed E-state index contributed by atoms with van der Waals surface area (Å²) in [5.74, 6) is -0.141. The van der Waals surface area contributed by atoms with E-state index < -0.39 is 6.04 Å². The van der Waals surface area contributed by atoms with Gasteiger partial charge < -0.3 is 14.1 Å². The van der Waals surface area contributed by atoms with Gasteiger partial charge in [0.05, 0.1) is 23.6 Å². The van der Waals surface area contributed by atoms with Gasteiger partial charge in [0.15, 0.2) is 5.43 Å². The molecule has 0 saturated heterocycles. The Kier molecular flexibility index (Phi) is 4.76. The Morgan fingerprint density at radius 3 is 2.56 bits per heavy atom. The first-order valence-corrected chi connectivity index (χ1v) is 9.87. The molecule has 0 saturated carbocycles. The number of fused-ring (bicyclic) bond motifs is 2. The lowest BCUT2D eigenvalue weighted by Gasteiger charge is -2.24. The number of hydrogen-bond donors (Lipinski definition) is 0. The van der Waals surface area contributed by atoms with Crippen LogP contribution in [0.25, 0.3) is 11.0 Å². The molecule has 0 bridgehead atoms. The number of carbonyl (C=O) groups is 1. The Labute approximate surface area is 160 Å². The number of para-hydroxylation sites is 1. The summed E-state index contributed by atoms with van der Waals surface area (Å²) in [7, 11) is 1.59. The Morgan fingerprint density at radius 1 is 1.11 bits per heavy atom. The fourth-order valence-corrected chi connectivity index (χ4v) is 3.93. The summed E-state index contributed by atoms with van der Waals surface area (Å²) in [6, 6.07) is 14.5. The second kappa shape index (κ2) is 7.21. The number of carbonyl (C=O) groups excluding carboxylic acids is 1. The van der Waals surface area contributed by atoms with Gasteiger partial charge in [-0.3, -0.25) is 9.59 Å². The largest absolute Gasteiger partial charge is 0.450 e. The summed E-state index contributed by atoms with van der Waals surface area (Å²) in [5.41, 5.74) is 1.57. The molecular weight excluding hydrogens is 362 g/mol. The quantitative estimate of drug-likeness (QED) is 0.631. The smallest absolute Gasteiger partial charge is 0.290 e. The highest BCUT2D eigenvalue weighted by Crippen LogP contribution is 2.38. The van der Waals surface area contributed by atoms with E-state index in [1.807, 2.05) is 30.5 Å². The molecule has 1 amide bonds. The number of methoxy groups -OCH3 is 1. The van der Waals surface area contributed by atoms with Crippen molar-refractivity contribution >= 4 is 28.6 Å². The number of nitrogens with zero attached hydrogens (tertiary/aromatic N) is 1. The zero-order valence-corrected chi connectivity index (χ0v) is 15.9. The molecule has 0 aliphatic carbocycles. The van der Waals surface area contributed by atoms with Crippen LogP contribution >= 0.6 is 11.8 Å². The van der Waals surface area contributed by atoms with Gasteiger partial charge >= 0.3 is 0 Å². The monoisotopic (exact) mass is 381 g/mol. The third-order valence-corrected chi connectivity index (χ3v) is 5.58. The van der Waals surface area contributed by atoms with Gasteiger partial charge in [-0.25, -0.2) is 0 Å². The molecule has 138 valence electrons. The van der Waals surface area contributed by atoms with Crippen molar-refractivity contribution < 1.29 is 13.9 Å². The lowest BCUT2D eigenvalue weighted by Crippen LogP contribution is -2.32. The molecule has 0 radical (unpaired) electrons. The van der Waals surface area contributed by atoms with Gasteiger partial charge in [-0.05, 0) is 36.1 Å². The van der Waals surface area contributed by atoms with Crippen LogP contribution in [0.15, 0.2) is 62.6 Å². The van der Waals surface area contributed by atoms with Crippen LogP contribution in [0, 0.1) is 0 Å². The molecule has 1 aliphatic heterocycles. The number of hydrogen-bond acceptors (Lipinski definition) is 5. The summed E-state index contributed by atoms with van der Waals surface area (Å²) >= 11 is 1.65. The summed E-state index contributed by atoms with van der Waals surface area (Å²) in [5, 5.41) is 0.489. The standard InChI is InChI=1S/C21H19NO4S/c1-25-12-11-22-18(13-7-9-14(27-2)10-8-13)17-19(23)15-5-3-4-6-16(15)26-20(17)21(22)24/h3-10,18H,11-12H2,1-2H3. The maximum atomic E-state index is 13.2. The fraction of sp³-hybridized carbons (Fsp3) is 0.238. The summed E-state index contributed by atoms with van der Waals surface area (Å²) in [6.07, 6.45) is 2.01. The SMILES string of the molecule is COCCN1C(=O)c2oc3ccccc3c(=O)c2C1c1ccc(SC)cc1. The molecule has 1 aliphatic rings. The lowest BCUT2D eigenvalue weighted by molar-refractivity contribution is 0.0663. The van der Waals surface area contributed by atoms with Crippen molar-refractivity contribution in [3.8, 4) is 0 Å². The van der Waals surface area contributed by atoms with Crippen LogP contribution in [0.1, 0.15) is 27.7 Å². The van der Waals surface area contributed by atoms with Crippen molar-refractivity contribution in [2.45, 2.75) is 10.9 Å². The van der Waals surface area contributed by atoms with E-state index in [0.717, 1.165) is 10.5 Å². The minimum absolute atomic E-state index is 0.133. The Hall–Kier alpha value is -2.57. The molecule has 0 spiro atoms. The Balaban J connectivity index is 1.93. The van der Waals surface area contributed by atoms with E-state index in [2.05, 4.69) is 0 Å². The van der Waals surface area contributed by atoms with Crippen LogP contribution in [0.4, 0.5) is 0 Å². The van der Waals surface area contributed by atoms with Crippen molar-refractivity contribution in [1.29, 1.82) is 0 Å². The minimum atomic E-state index is -0.473. The number of rotatable bonds is 5. The first-order valence-electron chi connectivity index (χ1n) is 8.65. The zero-order chi connectivity index (χ0) is 19.0. The van der Waals surface area contributed by atoms with Gasteiger partial charge in [-0.1, -0.05) is 24.3 Å². The number of benzene rings is 2. The molecule has 0 N–H and O–H groups in total. The normalized spacial score (nSPS) is 16.1. The Morgan fingerprint density at radius 2 is 1.85 bits per heavy atom. The molecule has 1 atom stereocenters. The summed E-state index contributed by atoms with van der Waals surface area (Å²) in [6.45, 7) is 0.761. The van der Waals surface area contributed by atoms with Crippen molar-refractivity contribution in [3.63, 3.8) is 0 Å². The molecule has 0 fully saturated rings. The van der Waals surface area contributed by atoms with Crippen LogP contribution in [0.2, 0.25) is 0 Å². The molecular formula is C21H19NO4S. The maximum absolute atomic E-state index is 13.2. The zero-order valence-electron chi connectivity index (χ0n) is 15.1. The molecule has 27 heavy (non-hydrogen) atoms. The summed E-state index contributed by atoms with van der Waals surface area (Å²) < 4.78 is 11.0. The highest BCUT2D eigenvalue weighted by molar-refractivity contribution is 7.98. The van der Waals surface area contributed by atoms with Gasteiger partial charge in [-0.15, -0.1) is 11.8 Å². The number of thioether (sulfide) groups is 1. The molecule has 1 aromatic heterocycles. The van der Waals surface area contributed by atoms with Crippen LogP contribution in [-0.4, -0.2) is 37.3 Å². The lowest BCUT2D eigenvalue weighted by atomic mass is 9.98. The molecule has 5 nitrogen and oxygen atoms in total. The summed E-state index contributed by atoms with van der Waals surface area (Å²) in [4.78, 5) is 29.0. The van der Waals surface area contributed by atoms with Gasteiger partial charge in [-0.2, -0.15) is 0 Å². The topological polar surface area (TPSA) is 59.8 Å². The maximum Gasteiger partial charge on any atom is 0.290 e. The second-order valence-electron chi connectivity index (χ2n) is 6.34. The van der Waals surface area contributed by atoms with E-state index in [1.165, 1.54) is 0 Å². The van der Waals surface area contributed by atoms with Gasteiger partial charge in [0.25, 0.3) is 5.91 Å². The first-order chi connectivity index (χ1) is 13.2. The van der Waals surface area contributed by atoms with E-state index in [0.29, 0.717) is 29.7 Å². The third-order valence-electron chi connectivity index (χ3n) is 4.84. The van der Waals surface area contributed by atoms with Gasteiger partial charge in [0.2, 0.25) is 5.76 Å². The molecule has 1 unspecified atom stereocenters. The predicted octanol–water partition coefficient (Wildman–Crippen LogP) is 3.71. The van der Waals surface area contributed by atoms with E-state index in [-0.39, 0.29) is 17.1 Å². The highest BCUT2D eigenvalue weighted by atomic mass is 32.2. The van der Waals surface area contributed by atoms with E-state index in [4.69, 9.17) is 9.15 Å². The van der Waals surface area contributed by atoms with E-state index in [1.54, 1.807) is 48.0 Å². The second-order valence-corrected chi connectivity index (χ2v) is 7.22. The average molecular weight is 381 g/mol. The van der Waals surface area contributed by atoms with Crippen molar-refractivity contribution in [2.75, 3.05) is 26.5 Å². The van der Waals surface area contributed by atoms with E-state index in [9.17, 15) is 9.59 Å². The molecule has 2 heterocycles. The number of amides is 1. The molecule has 3 aromatic rings. The Bertz CT molecular complexity index is 1060. The molecule has 4 rings (SSSR count). The van der Waals surface area contributed by atoms with Gasteiger partial charge in [0.1, 0.15) is 5.58 Å². The van der Waals surface area contributed by atoms with Crippen LogP contribution in [0.5, 0.6) is 0 Å². The average Bonchev–Trinajstić information content (AvgIpc) is 2.99. The van der Waals surface area contributed by atoms with Crippen molar-refractivity contribution in [1.82, 2.24) is 4.90 Å². The van der Waals surface area contributed by atoms with E-state index >= 15 is 0 Å². The van der Waals surface area contributed by atoms with Crippen LogP contribution in [-0.2, 0) is 4.74 Å². The highest BCUT2D eigenvalue weighted by Gasteiger charge is 2.42. The minimum Gasteiger partial charge on any atom is -0.450 e. The van der Waals surface area contributed by atoms with Crippen LogP contribution in [0.3, 0.4) is 0 Å². The first kappa shape index (κ1) is 17.8. The van der Waals surface area contributed by atoms with Crippen LogP contribution < -0.4 is 5.43 Å².